The summed E-state index contributed by atoms with van der Waals surface area (Å²) < 4.78 is 20.8. The first-order valence-corrected chi connectivity index (χ1v) is 25.6. The summed E-state index contributed by atoms with van der Waals surface area (Å²) in [6.45, 7) is 0. The number of rotatable bonds is 8. The molecule has 10 aromatic carbocycles. The van der Waals surface area contributed by atoms with E-state index < -0.39 is 15.1 Å². The lowest BCUT2D eigenvalue weighted by atomic mass is 10.0. The zero-order valence-electron chi connectivity index (χ0n) is 36.5. The minimum Gasteiger partial charge on any atom is -0.412 e. The SMILES string of the molecule is O.O=P(c1ccccc1)(c1ccccc1)c1ccc2c(c1)c1cc(P(c3ccccc3)c3ccccc3)ccc1n2-c1ccc2c(c1)-c1cc(-n3c4ccccc4c4ccccc43)ccc1C2. The molecule has 1 aliphatic carbocycles. The lowest BCUT2D eigenvalue weighted by molar-refractivity contribution is 0.592. The molecule has 2 aromatic heterocycles. The molecule has 0 spiro atoms. The topological polar surface area (TPSA) is 58.4 Å². The predicted octanol–water partition coefficient (Wildman–Crippen LogP) is 12.0. The third-order valence-electron chi connectivity index (χ3n) is 13.6. The largest absolute Gasteiger partial charge is 0.412 e. The Hall–Kier alpha value is -7.58. The Morgan fingerprint density at radius 3 is 1.27 bits per heavy atom. The van der Waals surface area contributed by atoms with Crippen molar-refractivity contribution in [2.24, 2.45) is 0 Å². The highest BCUT2D eigenvalue weighted by Crippen LogP contribution is 2.46. The van der Waals surface area contributed by atoms with E-state index in [1.165, 1.54) is 60.0 Å². The van der Waals surface area contributed by atoms with E-state index in [1.807, 2.05) is 60.7 Å². The van der Waals surface area contributed by atoms with Crippen molar-refractivity contribution in [3.63, 3.8) is 0 Å². The standard InChI is InChI=1S/C61H42N2OP2.H2O/c64-66(49-21-9-3-10-22-49,50-23-11-4-12-24-50)51-34-36-61-57(41-51)56-40-48(65(46-17-5-1-6-18-46)47-19-7-2-8-20-47)33-35-60(56)63(61)45-32-30-43-37-42-29-31-44(38-54(42)55(43)39-45)62-58-27-15-13-25-52(58)53-26-14-16-28-59(53)62;/h1-36,38-41H,37H2;1H2. The molecule has 0 saturated carbocycles. The second-order valence-electron chi connectivity index (χ2n) is 17.3. The third-order valence-corrected chi connectivity index (χ3v) is 19.1. The molecule has 13 rings (SSSR count). The van der Waals surface area contributed by atoms with Crippen molar-refractivity contribution in [2.45, 2.75) is 6.42 Å². The zero-order valence-corrected chi connectivity index (χ0v) is 38.3. The molecule has 0 unspecified atom stereocenters. The van der Waals surface area contributed by atoms with Crippen LogP contribution in [0.4, 0.5) is 0 Å². The Balaban J connectivity index is 0.00000468. The number of hydrogen-bond donors (Lipinski definition) is 0. The van der Waals surface area contributed by atoms with Gasteiger partial charge in [0.05, 0.1) is 22.1 Å². The van der Waals surface area contributed by atoms with Gasteiger partial charge in [-0.3, -0.25) is 0 Å². The molecule has 0 radical (unpaired) electrons. The average molecular weight is 899 g/mol. The van der Waals surface area contributed by atoms with Crippen molar-refractivity contribution in [3.05, 3.63) is 254 Å². The Morgan fingerprint density at radius 2 is 0.761 bits per heavy atom. The van der Waals surface area contributed by atoms with Crippen LogP contribution in [0, 0.1) is 0 Å². The maximum Gasteiger partial charge on any atom is 0.171 e. The minimum atomic E-state index is -3.26. The fourth-order valence-corrected chi connectivity index (χ4v) is 15.6. The van der Waals surface area contributed by atoms with Crippen LogP contribution in [0.5, 0.6) is 0 Å². The van der Waals surface area contributed by atoms with Crippen LogP contribution in [0.1, 0.15) is 11.1 Å². The van der Waals surface area contributed by atoms with Gasteiger partial charge < -0.3 is 19.2 Å². The van der Waals surface area contributed by atoms with Crippen LogP contribution in [0.2, 0.25) is 0 Å². The van der Waals surface area contributed by atoms with E-state index in [9.17, 15) is 0 Å². The average Bonchev–Trinajstić information content (AvgIpc) is 4.04. The van der Waals surface area contributed by atoms with Gasteiger partial charge >= 0.3 is 0 Å². The molecule has 0 aliphatic heterocycles. The lowest BCUT2D eigenvalue weighted by Gasteiger charge is -2.20. The van der Waals surface area contributed by atoms with Crippen LogP contribution >= 0.6 is 15.1 Å². The third kappa shape index (κ3) is 6.56. The van der Waals surface area contributed by atoms with Gasteiger partial charge in [-0.05, 0) is 119 Å². The van der Waals surface area contributed by atoms with E-state index in [0.29, 0.717) is 0 Å². The van der Waals surface area contributed by atoms with E-state index in [0.717, 1.165) is 55.5 Å². The predicted molar refractivity (Wildman–Crippen MR) is 285 cm³/mol. The number of benzene rings is 10. The van der Waals surface area contributed by atoms with Gasteiger partial charge in [-0.25, -0.2) is 0 Å². The monoisotopic (exact) mass is 898 g/mol. The molecule has 2 heterocycles. The summed E-state index contributed by atoms with van der Waals surface area (Å²) in [6, 6.07) is 87.0. The smallest absolute Gasteiger partial charge is 0.171 e. The van der Waals surface area contributed by atoms with E-state index in [4.69, 9.17) is 0 Å². The number of nitrogens with zero attached hydrogens (tertiary/aromatic N) is 2. The van der Waals surface area contributed by atoms with Crippen molar-refractivity contribution >= 4 is 90.5 Å². The molecule has 12 aromatic rings. The first-order valence-electron chi connectivity index (χ1n) is 22.6. The molecule has 0 bridgehead atoms. The fraction of sp³-hybridized carbons (Fsp3) is 0.0164. The second kappa shape index (κ2) is 16.4. The zero-order chi connectivity index (χ0) is 43.8. The molecule has 320 valence electrons. The van der Waals surface area contributed by atoms with Crippen molar-refractivity contribution < 1.29 is 10.0 Å². The van der Waals surface area contributed by atoms with Gasteiger partial charge in [-0.15, -0.1) is 0 Å². The molecule has 4 nitrogen and oxygen atoms in total. The Morgan fingerprint density at radius 1 is 0.343 bits per heavy atom. The van der Waals surface area contributed by atoms with Crippen LogP contribution in [0.3, 0.4) is 0 Å². The van der Waals surface area contributed by atoms with Crippen LogP contribution in [0.25, 0.3) is 66.1 Å². The maximum absolute atomic E-state index is 15.9. The van der Waals surface area contributed by atoms with Crippen molar-refractivity contribution in [2.75, 3.05) is 0 Å². The van der Waals surface area contributed by atoms with Gasteiger partial charge in [0.1, 0.15) is 0 Å². The highest BCUT2D eigenvalue weighted by atomic mass is 31.2. The van der Waals surface area contributed by atoms with E-state index in [2.05, 4.69) is 191 Å². The Bertz CT molecular complexity index is 3750. The maximum atomic E-state index is 15.9. The van der Waals surface area contributed by atoms with Crippen LogP contribution < -0.4 is 31.8 Å². The summed E-state index contributed by atoms with van der Waals surface area (Å²) >= 11 is 0. The fourth-order valence-electron chi connectivity index (χ4n) is 10.6. The van der Waals surface area contributed by atoms with E-state index in [-0.39, 0.29) is 5.48 Å². The van der Waals surface area contributed by atoms with Gasteiger partial charge in [-0.1, -0.05) is 176 Å². The van der Waals surface area contributed by atoms with Gasteiger partial charge in [0, 0.05) is 48.8 Å². The minimum absolute atomic E-state index is 0. The summed E-state index contributed by atoms with van der Waals surface area (Å²) in [5, 5.41) is 11.1. The summed E-state index contributed by atoms with van der Waals surface area (Å²) in [5.41, 5.74) is 12.1. The van der Waals surface area contributed by atoms with Crippen LogP contribution in [-0.4, -0.2) is 14.6 Å². The molecule has 0 saturated heterocycles. The van der Waals surface area contributed by atoms with Crippen LogP contribution in [0.15, 0.2) is 243 Å². The summed E-state index contributed by atoms with van der Waals surface area (Å²) in [7, 11) is -4.12. The number of para-hydroxylation sites is 2. The van der Waals surface area contributed by atoms with E-state index in [1.54, 1.807) is 0 Å². The normalized spacial score (nSPS) is 12.2. The van der Waals surface area contributed by atoms with E-state index >= 15 is 4.57 Å². The highest BCUT2D eigenvalue weighted by Gasteiger charge is 2.31. The molecule has 6 heteroatoms. The molecule has 2 N–H and O–H groups in total. The van der Waals surface area contributed by atoms with Gasteiger partial charge in [-0.2, -0.15) is 0 Å². The highest BCUT2D eigenvalue weighted by molar-refractivity contribution is 7.85. The van der Waals surface area contributed by atoms with Crippen LogP contribution in [-0.2, 0) is 11.0 Å². The Labute approximate surface area is 390 Å². The molecule has 0 atom stereocenters. The molecular formula is C61H44N2O2P2. The van der Waals surface area contributed by atoms with Gasteiger partial charge in [0.25, 0.3) is 0 Å². The summed E-state index contributed by atoms with van der Waals surface area (Å²) in [4.78, 5) is 0. The molecule has 0 amide bonds. The first kappa shape index (κ1) is 40.9. The first-order chi connectivity index (χ1) is 32.6. The number of fused-ring (bicyclic) bond motifs is 9. The lowest BCUT2D eigenvalue weighted by Crippen LogP contribution is -2.24. The van der Waals surface area contributed by atoms with Gasteiger partial charge in [0.15, 0.2) is 7.14 Å². The number of aromatic nitrogens is 2. The molecule has 1 aliphatic rings. The summed E-state index contributed by atoms with van der Waals surface area (Å²) in [6.07, 6.45) is 0.898. The Kier molecular flexibility index (Phi) is 10.0. The molecular weight excluding hydrogens is 855 g/mol. The van der Waals surface area contributed by atoms with Crippen molar-refractivity contribution in [1.29, 1.82) is 0 Å². The molecule has 67 heavy (non-hydrogen) atoms. The summed E-state index contributed by atoms with van der Waals surface area (Å²) in [5.74, 6) is 0. The number of hydrogen-bond acceptors (Lipinski definition) is 1. The molecule has 0 fully saturated rings. The van der Waals surface area contributed by atoms with Crippen molar-refractivity contribution in [1.82, 2.24) is 9.13 Å². The second-order valence-corrected chi connectivity index (χ2v) is 22.2. The van der Waals surface area contributed by atoms with Crippen molar-refractivity contribution in [3.8, 4) is 22.5 Å². The van der Waals surface area contributed by atoms with Gasteiger partial charge in [0.2, 0.25) is 0 Å². The quantitative estimate of drug-likeness (QED) is 0.140.